The van der Waals surface area contributed by atoms with Crippen LogP contribution in [-0.2, 0) is 10.0 Å². The number of hydrogen-bond acceptors (Lipinski definition) is 3. The molecule has 1 heterocycles. The van der Waals surface area contributed by atoms with Crippen LogP contribution in [0, 0.1) is 18.8 Å². The summed E-state index contributed by atoms with van der Waals surface area (Å²) in [6.07, 6.45) is 1.11. The van der Waals surface area contributed by atoms with Crippen LogP contribution in [0.4, 0.5) is 0 Å². The van der Waals surface area contributed by atoms with E-state index >= 15 is 0 Å². The zero-order valence-electron chi connectivity index (χ0n) is 11.5. The second-order valence-electron chi connectivity index (χ2n) is 5.40. The summed E-state index contributed by atoms with van der Waals surface area (Å²) >= 11 is 0. The molecule has 0 amide bonds. The number of benzene rings is 1. The molecule has 0 aromatic heterocycles. The molecule has 2 unspecified atom stereocenters. The van der Waals surface area contributed by atoms with Crippen LogP contribution in [0.15, 0.2) is 29.2 Å². The van der Waals surface area contributed by atoms with E-state index in [0.717, 1.165) is 25.1 Å². The minimum Gasteiger partial charge on any atom is -0.316 e. The highest BCUT2D eigenvalue weighted by molar-refractivity contribution is 7.89. The molecule has 0 spiro atoms. The van der Waals surface area contributed by atoms with Gasteiger partial charge in [0.05, 0.1) is 4.90 Å². The van der Waals surface area contributed by atoms with E-state index in [1.54, 1.807) is 12.1 Å². The van der Waals surface area contributed by atoms with Crippen LogP contribution in [0.1, 0.15) is 18.9 Å². The van der Waals surface area contributed by atoms with E-state index in [0.29, 0.717) is 23.3 Å². The first kappa shape index (κ1) is 14.5. The van der Waals surface area contributed by atoms with Crippen LogP contribution in [-0.4, -0.2) is 28.1 Å². The molecule has 0 saturated carbocycles. The molecule has 2 atom stereocenters. The van der Waals surface area contributed by atoms with E-state index < -0.39 is 10.0 Å². The van der Waals surface area contributed by atoms with Gasteiger partial charge in [-0.1, -0.05) is 24.6 Å². The smallest absolute Gasteiger partial charge is 0.240 e. The van der Waals surface area contributed by atoms with Crippen molar-refractivity contribution < 1.29 is 8.42 Å². The van der Waals surface area contributed by atoms with E-state index in [2.05, 4.69) is 17.0 Å². The Hall–Kier alpha value is -0.910. The van der Waals surface area contributed by atoms with Crippen LogP contribution in [0.25, 0.3) is 0 Å². The third kappa shape index (κ3) is 3.78. The van der Waals surface area contributed by atoms with Gasteiger partial charge in [-0.15, -0.1) is 0 Å². The van der Waals surface area contributed by atoms with Crippen molar-refractivity contribution in [3.63, 3.8) is 0 Å². The van der Waals surface area contributed by atoms with E-state index in [9.17, 15) is 8.42 Å². The monoisotopic (exact) mass is 282 g/mol. The molecule has 106 valence electrons. The maximum absolute atomic E-state index is 12.2. The largest absolute Gasteiger partial charge is 0.316 e. The zero-order chi connectivity index (χ0) is 13.9. The second kappa shape index (κ2) is 6.03. The number of nitrogens with one attached hydrogen (secondary N) is 2. The molecule has 2 rings (SSSR count). The Bertz CT molecular complexity index is 511. The van der Waals surface area contributed by atoms with Crippen molar-refractivity contribution in [1.29, 1.82) is 0 Å². The predicted molar refractivity (Wildman–Crippen MR) is 76.5 cm³/mol. The standard InChI is InChI=1S/C14H22N2O2S/c1-11-3-5-14(6-4-11)19(17,18)16-10-13-9-15-8-7-12(13)2/h3-6,12-13,15-16H,7-10H2,1-2H3. The van der Waals surface area contributed by atoms with Gasteiger partial charge in [-0.3, -0.25) is 0 Å². The van der Waals surface area contributed by atoms with Crippen molar-refractivity contribution in [3.8, 4) is 0 Å². The molecule has 2 N–H and O–H groups in total. The van der Waals surface area contributed by atoms with E-state index in [-0.39, 0.29) is 0 Å². The van der Waals surface area contributed by atoms with E-state index in [4.69, 9.17) is 0 Å². The fraction of sp³-hybridized carbons (Fsp3) is 0.571. The van der Waals surface area contributed by atoms with Gasteiger partial charge in [-0.25, -0.2) is 13.1 Å². The second-order valence-corrected chi connectivity index (χ2v) is 7.16. The summed E-state index contributed by atoms with van der Waals surface area (Å²) in [6.45, 7) is 6.55. The molecule has 1 aliphatic heterocycles. The lowest BCUT2D eigenvalue weighted by atomic mass is 9.88. The number of aryl methyl sites for hydroxylation is 1. The lowest BCUT2D eigenvalue weighted by Gasteiger charge is -2.29. The van der Waals surface area contributed by atoms with Crippen molar-refractivity contribution in [3.05, 3.63) is 29.8 Å². The SMILES string of the molecule is Cc1ccc(S(=O)(=O)NCC2CNCCC2C)cc1. The average molecular weight is 282 g/mol. The number of rotatable bonds is 4. The molecular formula is C14H22N2O2S. The predicted octanol–water partition coefficient (Wildman–Crippen LogP) is 1.52. The van der Waals surface area contributed by atoms with Crippen LogP contribution < -0.4 is 10.0 Å². The van der Waals surface area contributed by atoms with Gasteiger partial charge in [0.15, 0.2) is 0 Å². The van der Waals surface area contributed by atoms with Crippen LogP contribution in [0.2, 0.25) is 0 Å². The molecule has 5 heteroatoms. The zero-order valence-corrected chi connectivity index (χ0v) is 12.3. The summed E-state index contributed by atoms with van der Waals surface area (Å²) in [5, 5.41) is 3.31. The minimum absolute atomic E-state index is 0.342. The topological polar surface area (TPSA) is 58.2 Å². The number of sulfonamides is 1. The van der Waals surface area contributed by atoms with Gasteiger partial charge in [0.25, 0.3) is 0 Å². The first-order valence-electron chi connectivity index (χ1n) is 6.76. The summed E-state index contributed by atoms with van der Waals surface area (Å²) < 4.78 is 27.0. The lowest BCUT2D eigenvalue weighted by Crippen LogP contribution is -2.42. The van der Waals surface area contributed by atoms with Gasteiger partial charge in [0.1, 0.15) is 0 Å². The van der Waals surface area contributed by atoms with Crippen molar-refractivity contribution in [2.45, 2.75) is 25.2 Å². The highest BCUT2D eigenvalue weighted by Gasteiger charge is 2.23. The van der Waals surface area contributed by atoms with E-state index in [1.165, 1.54) is 0 Å². The van der Waals surface area contributed by atoms with E-state index in [1.807, 2.05) is 19.1 Å². The normalized spacial score (nSPS) is 24.3. The first-order chi connectivity index (χ1) is 8.99. The Labute approximate surface area is 115 Å². The quantitative estimate of drug-likeness (QED) is 0.880. The van der Waals surface area contributed by atoms with Gasteiger partial charge in [-0.05, 0) is 50.4 Å². The molecule has 0 aliphatic carbocycles. The highest BCUT2D eigenvalue weighted by Crippen LogP contribution is 2.18. The Morgan fingerprint density at radius 2 is 2.00 bits per heavy atom. The average Bonchev–Trinajstić information content (AvgIpc) is 2.38. The molecule has 0 bridgehead atoms. The van der Waals surface area contributed by atoms with Gasteiger partial charge in [0, 0.05) is 6.54 Å². The maximum atomic E-state index is 12.2. The van der Waals surface area contributed by atoms with Crippen LogP contribution >= 0.6 is 0 Å². The van der Waals surface area contributed by atoms with Crippen molar-refractivity contribution in [2.24, 2.45) is 11.8 Å². The molecular weight excluding hydrogens is 260 g/mol. The van der Waals surface area contributed by atoms with Crippen molar-refractivity contribution in [2.75, 3.05) is 19.6 Å². The molecule has 4 nitrogen and oxygen atoms in total. The van der Waals surface area contributed by atoms with Crippen molar-refractivity contribution >= 4 is 10.0 Å². The van der Waals surface area contributed by atoms with Gasteiger partial charge < -0.3 is 5.32 Å². The fourth-order valence-corrected chi connectivity index (χ4v) is 3.44. The van der Waals surface area contributed by atoms with Crippen molar-refractivity contribution in [1.82, 2.24) is 10.0 Å². The van der Waals surface area contributed by atoms with Crippen LogP contribution in [0.3, 0.4) is 0 Å². The third-order valence-corrected chi connectivity index (χ3v) is 5.29. The molecule has 1 fully saturated rings. The summed E-state index contributed by atoms with van der Waals surface area (Å²) in [4.78, 5) is 0.342. The van der Waals surface area contributed by atoms with Gasteiger partial charge in [0.2, 0.25) is 10.0 Å². The summed E-state index contributed by atoms with van der Waals surface area (Å²) in [5.41, 5.74) is 1.06. The summed E-state index contributed by atoms with van der Waals surface area (Å²) in [5.74, 6) is 0.927. The Balaban J connectivity index is 1.99. The molecule has 1 aromatic carbocycles. The Kier molecular flexibility index (Phi) is 4.60. The van der Waals surface area contributed by atoms with Crippen LogP contribution in [0.5, 0.6) is 0 Å². The van der Waals surface area contributed by atoms with Gasteiger partial charge in [-0.2, -0.15) is 0 Å². The molecule has 19 heavy (non-hydrogen) atoms. The fourth-order valence-electron chi connectivity index (χ4n) is 2.34. The molecule has 1 aromatic rings. The summed E-state index contributed by atoms with van der Waals surface area (Å²) in [6, 6.07) is 6.94. The third-order valence-electron chi connectivity index (χ3n) is 3.85. The Morgan fingerprint density at radius 3 is 2.63 bits per heavy atom. The minimum atomic E-state index is -3.38. The molecule has 0 radical (unpaired) electrons. The van der Waals surface area contributed by atoms with Gasteiger partial charge >= 0.3 is 0 Å². The molecule has 1 aliphatic rings. The highest BCUT2D eigenvalue weighted by atomic mass is 32.2. The first-order valence-corrected chi connectivity index (χ1v) is 8.24. The number of piperidine rings is 1. The number of hydrogen-bond donors (Lipinski definition) is 2. The lowest BCUT2D eigenvalue weighted by molar-refractivity contribution is 0.275. The molecule has 1 saturated heterocycles. The maximum Gasteiger partial charge on any atom is 0.240 e. The Morgan fingerprint density at radius 1 is 1.32 bits per heavy atom. The summed E-state index contributed by atoms with van der Waals surface area (Å²) in [7, 11) is -3.38.